The molecule has 0 bridgehead atoms. The average Bonchev–Trinajstić information content (AvgIpc) is 2.63. The average molecular weight is 314 g/mol. The van der Waals surface area contributed by atoms with E-state index < -0.39 is 10.0 Å². The van der Waals surface area contributed by atoms with Gasteiger partial charge in [0, 0.05) is 12.6 Å². The fourth-order valence-corrected chi connectivity index (χ4v) is 4.64. The summed E-state index contributed by atoms with van der Waals surface area (Å²) in [6, 6.07) is 0.0800. The van der Waals surface area contributed by atoms with Crippen molar-refractivity contribution in [2.45, 2.75) is 57.5 Å². The summed E-state index contributed by atoms with van der Waals surface area (Å²) in [6.45, 7) is 7.35. The molecular weight excluding hydrogens is 288 g/mol. The molecule has 1 saturated carbocycles. The van der Waals surface area contributed by atoms with Crippen molar-refractivity contribution < 1.29 is 8.42 Å². The number of rotatable bonds is 7. The van der Waals surface area contributed by atoms with Gasteiger partial charge in [0.2, 0.25) is 10.0 Å². The van der Waals surface area contributed by atoms with Crippen molar-refractivity contribution in [3.8, 4) is 0 Å². The van der Waals surface area contributed by atoms with Crippen LogP contribution in [0.25, 0.3) is 0 Å². The second-order valence-corrected chi connectivity index (χ2v) is 7.73. The van der Waals surface area contributed by atoms with Crippen molar-refractivity contribution in [1.82, 2.24) is 19.8 Å². The van der Waals surface area contributed by atoms with E-state index in [1.807, 2.05) is 14.0 Å². The Labute approximate surface area is 127 Å². The molecule has 0 spiro atoms. The monoisotopic (exact) mass is 314 g/mol. The Morgan fingerprint density at radius 3 is 2.57 bits per heavy atom. The zero-order chi connectivity index (χ0) is 15.6. The largest absolute Gasteiger partial charge is 0.320 e. The van der Waals surface area contributed by atoms with Crippen LogP contribution in [0, 0.1) is 19.8 Å². The lowest BCUT2D eigenvalue weighted by molar-refractivity contribution is 0.270. The van der Waals surface area contributed by atoms with Crippen molar-refractivity contribution in [3.05, 3.63) is 11.4 Å². The van der Waals surface area contributed by atoms with E-state index in [-0.39, 0.29) is 6.04 Å². The van der Waals surface area contributed by atoms with Crippen LogP contribution in [-0.4, -0.2) is 37.8 Å². The predicted molar refractivity (Wildman–Crippen MR) is 82.8 cm³/mol. The van der Waals surface area contributed by atoms with Crippen LogP contribution in [0.3, 0.4) is 0 Å². The van der Waals surface area contributed by atoms with E-state index in [2.05, 4.69) is 22.1 Å². The SMILES string of the molecule is CNCCCn1nc(C)c(S(=O)(=O)NC2CC(C)C2)c1C. The molecule has 6 nitrogen and oxygen atoms in total. The number of aryl methyl sites for hydroxylation is 2. The summed E-state index contributed by atoms with van der Waals surface area (Å²) >= 11 is 0. The summed E-state index contributed by atoms with van der Waals surface area (Å²) in [4.78, 5) is 0.353. The summed E-state index contributed by atoms with van der Waals surface area (Å²) in [5, 5.41) is 7.47. The number of hydrogen-bond acceptors (Lipinski definition) is 4. The molecule has 2 N–H and O–H groups in total. The van der Waals surface area contributed by atoms with Crippen LogP contribution >= 0.6 is 0 Å². The minimum Gasteiger partial charge on any atom is -0.320 e. The van der Waals surface area contributed by atoms with Gasteiger partial charge in [-0.15, -0.1) is 0 Å². The van der Waals surface area contributed by atoms with Crippen molar-refractivity contribution >= 4 is 10.0 Å². The van der Waals surface area contributed by atoms with E-state index in [0.717, 1.165) is 38.0 Å². The molecule has 1 aromatic heterocycles. The molecule has 7 heteroatoms. The molecule has 0 unspecified atom stereocenters. The van der Waals surface area contributed by atoms with Crippen LogP contribution in [0.5, 0.6) is 0 Å². The van der Waals surface area contributed by atoms with Gasteiger partial charge in [-0.1, -0.05) is 6.92 Å². The Morgan fingerprint density at radius 1 is 1.33 bits per heavy atom. The second-order valence-electron chi connectivity index (χ2n) is 6.07. The molecule has 0 radical (unpaired) electrons. The minimum atomic E-state index is -3.46. The van der Waals surface area contributed by atoms with Gasteiger partial charge >= 0.3 is 0 Å². The Morgan fingerprint density at radius 2 is 2.00 bits per heavy atom. The molecule has 0 aromatic carbocycles. The molecule has 0 aliphatic heterocycles. The van der Waals surface area contributed by atoms with Gasteiger partial charge in [-0.05, 0) is 52.6 Å². The molecule has 1 aliphatic rings. The lowest BCUT2D eigenvalue weighted by Gasteiger charge is -2.32. The number of aromatic nitrogens is 2. The highest BCUT2D eigenvalue weighted by Crippen LogP contribution is 2.29. The summed E-state index contributed by atoms with van der Waals surface area (Å²) in [5.74, 6) is 0.615. The van der Waals surface area contributed by atoms with Crippen LogP contribution in [0.15, 0.2) is 4.90 Å². The summed E-state index contributed by atoms with van der Waals surface area (Å²) < 4.78 is 29.7. The molecule has 1 aliphatic carbocycles. The van der Waals surface area contributed by atoms with Crippen LogP contribution in [0.4, 0.5) is 0 Å². The predicted octanol–water partition coefficient (Wildman–Crippen LogP) is 1.19. The quantitative estimate of drug-likeness (QED) is 0.741. The first-order chi connectivity index (χ1) is 9.85. The molecule has 1 aromatic rings. The highest BCUT2D eigenvalue weighted by Gasteiger charge is 2.32. The molecule has 2 rings (SSSR count). The first-order valence-corrected chi connectivity index (χ1v) is 9.04. The van der Waals surface area contributed by atoms with Crippen LogP contribution in [0.2, 0.25) is 0 Å². The molecule has 0 atom stereocenters. The maximum atomic E-state index is 12.6. The molecule has 120 valence electrons. The van der Waals surface area contributed by atoms with Gasteiger partial charge in [-0.25, -0.2) is 13.1 Å². The first kappa shape index (κ1) is 16.5. The number of nitrogens with zero attached hydrogens (tertiary/aromatic N) is 2. The Balaban J connectivity index is 2.14. The van der Waals surface area contributed by atoms with E-state index in [1.165, 1.54) is 0 Å². The lowest BCUT2D eigenvalue weighted by atomic mass is 9.83. The summed E-state index contributed by atoms with van der Waals surface area (Å²) in [6.07, 6.45) is 2.77. The topological polar surface area (TPSA) is 76.0 Å². The number of sulfonamides is 1. The molecular formula is C14H26N4O2S. The summed E-state index contributed by atoms with van der Waals surface area (Å²) in [5.41, 5.74) is 1.31. The third-order valence-electron chi connectivity index (χ3n) is 4.08. The highest BCUT2D eigenvalue weighted by atomic mass is 32.2. The normalized spacial score (nSPS) is 22.3. The zero-order valence-electron chi connectivity index (χ0n) is 13.3. The Hall–Kier alpha value is -0.920. The molecule has 0 amide bonds. The maximum Gasteiger partial charge on any atom is 0.244 e. The van der Waals surface area contributed by atoms with Crippen LogP contribution < -0.4 is 10.0 Å². The van der Waals surface area contributed by atoms with Gasteiger partial charge in [-0.2, -0.15) is 5.10 Å². The summed E-state index contributed by atoms with van der Waals surface area (Å²) in [7, 11) is -1.56. The van der Waals surface area contributed by atoms with Gasteiger partial charge in [0.25, 0.3) is 0 Å². The van der Waals surface area contributed by atoms with Crippen molar-refractivity contribution in [1.29, 1.82) is 0 Å². The fourth-order valence-electron chi connectivity index (χ4n) is 2.97. The fraction of sp³-hybridized carbons (Fsp3) is 0.786. The van der Waals surface area contributed by atoms with Gasteiger partial charge in [0.05, 0.1) is 11.4 Å². The Kier molecular flexibility index (Phi) is 5.06. The zero-order valence-corrected chi connectivity index (χ0v) is 14.1. The Bertz CT molecular complexity index is 588. The standard InChI is InChI=1S/C14H26N4O2S/c1-10-8-13(9-10)17-21(19,20)14-11(2)16-18(12(14)3)7-5-6-15-4/h10,13,15,17H,5-9H2,1-4H3. The van der Waals surface area contributed by atoms with E-state index in [4.69, 9.17) is 0 Å². The van der Waals surface area contributed by atoms with Crippen molar-refractivity contribution in [2.75, 3.05) is 13.6 Å². The maximum absolute atomic E-state index is 12.6. The van der Waals surface area contributed by atoms with E-state index in [0.29, 0.717) is 16.5 Å². The molecule has 1 fully saturated rings. The second kappa shape index (κ2) is 6.46. The van der Waals surface area contributed by atoms with Gasteiger partial charge in [-0.3, -0.25) is 4.68 Å². The van der Waals surface area contributed by atoms with Crippen molar-refractivity contribution in [2.24, 2.45) is 5.92 Å². The van der Waals surface area contributed by atoms with Gasteiger partial charge in [0.15, 0.2) is 0 Å². The third kappa shape index (κ3) is 3.64. The van der Waals surface area contributed by atoms with Gasteiger partial charge in [0.1, 0.15) is 4.90 Å². The molecule has 0 saturated heterocycles. The van der Waals surface area contributed by atoms with Gasteiger partial charge < -0.3 is 5.32 Å². The highest BCUT2D eigenvalue weighted by molar-refractivity contribution is 7.89. The minimum absolute atomic E-state index is 0.0800. The third-order valence-corrected chi connectivity index (χ3v) is 5.85. The molecule has 1 heterocycles. The van der Waals surface area contributed by atoms with Crippen molar-refractivity contribution in [3.63, 3.8) is 0 Å². The number of hydrogen-bond donors (Lipinski definition) is 2. The molecule has 21 heavy (non-hydrogen) atoms. The van der Waals surface area contributed by atoms with E-state index in [9.17, 15) is 8.42 Å². The first-order valence-electron chi connectivity index (χ1n) is 7.56. The van der Waals surface area contributed by atoms with Crippen LogP contribution in [-0.2, 0) is 16.6 Å². The lowest BCUT2D eigenvalue weighted by Crippen LogP contribution is -2.43. The van der Waals surface area contributed by atoms with E-state index in [1.54, 1.807) is 11.6 Å². The van der Waals surface area contributed by atoms with E-state index >= 15 is 0 Å². The number of nitrogens with one attached hydrogen (secondary N) is 2. The smallest absolute Gasteiger partial charge is 0.244 e. The van der Waals surface area contributed by atoms with Crippen LogP contribution in [0.1, 0.15) is 37.6 Å².